The SMILES string of the molecule is CCCC(C(=O)NC=O)c1c(F)cc(N2CC(NC(=O)N(C)CC3CCC3)C2)cc1F. The molecule has 0 aromatic heterocycles. The predicted octanol–water partition coefficient (Wildman–Crippen LogP) is 2.75. The van der Waals surface area contributed by atoms with Crippen LogP contribution in [0.4, 0.5) is 19.3 Å². The van der Waals surface area contributed by atoms with Crippen molar-refractivity contribution in [1.82, 2.24) is 15.5 Å². The van der Waals surface area contributed by atoms with Gasteiger partial charge in [0.15, 0.2) is 0 Å². The summed E-state index contributed by atoms with van der Waals surface area (Å²) in [6, 6.07) is 2.19. The number of urea groups is 1. The van der Waals surface area contributed by atoms with Crippen LogP contribution in [0.1, 0.15) is 50.5 Å². The summed E-state index contributed by atoms with van der Waals surface area (Å²) in [6.07, 6.45) is 4.52. The minimum absolute atomic E-state index is 0.0895. The minimum Gasteiger partial charge on any atom is -0.367 e. The molecule has 4 amide bonds. The van der Waals surface area contributed by atoms with Crippen LogP contribution in [0.15, 0.2) is 12.1 Å². The van der Waals surface area contributed by atoms with E-state index in [0.29, 0.717) is 31.1 Å². The maximum atomic E-state index is 14.8. The third kappa shape index (κ3) is 5.32. The Morgan fingerprint density at radius 2 is 1.90 bits per heavy atom. The van der Waals surface area contributed by atoms with E-state index in [-0.39, 0.29) is 30.5 Å². The number of nitrogens with zero attached hydrogens (tertiary/aromatic N) is 2. The topological polar surface area (TPSA) is 81.8 Å². The molecular weight excluding hydrogens is 406 g/mol. The van der Waals surface area contributed by atoms with Gasteiger partial charge in [-0.05, 0) is 37.3 Å². The van der Waals surface area contributed by atoms with Crippen molar-refractivity contribution in [2.75, 3.05) is 31.6 Å². The lowest BCUT2D eigenvalue weighted by Crippen LogP contribution is -2.61. The van der Waals surface area contributed by atoms with Crippen molar-refractivity contribution < 1.29 is 23.2 Å². The zero-order valence-corrected chi connectivity index (χ0v) is 18.0. The number of hydrogen-bond donors (Lipinski definition) is 2. The first-order valence-corrected chi connectivity index (χ1v) is 10.8. The largest absolute Gasteiger partial charge is 0.367 e. The zero-order chi connectivity index (χ0) is 22.5. The van der Waals surface area contributed by atoms with Gasteiger partial charge < -0.3 is 15.1 Å². The molecule has 1 aliphatic carbocycles. The van der Waals surface area contributed by atoms with E-state index in [0.717, 1.165) is 19.4 Å². The summed E-state index contributed by atoms with van der Waals surface area (Å²) in [4.78, 5) is 38.4. The molecule has 1 atom stereocenters. The third-order valence-corrected chi connectivity index (χ3v) is 6.19. The van der Waals surface area contributed by atoms with Crippen LogP contribution in [0.25, 0.3) is 0 Å². The molecule has 1 heterocycles. The fraction of sp³-hybridized carbons (Fsp3) is 0.591. The first kappa shape index (κ1) is 23.0. The second kappa shape index (κ2) is 10.1. The molecule has 0 radical (unpaired) electrons. The Bertz CT molecular complexity index is 802. The first-order chi connectivity index (χ1) is 14.8. The smallest absolute Gasteiger partial charge is 0.317 e. The Hall–Kier alpha value is -2.71. The Morgan fingerprint density at radius 3 is 2.42 bits per heavy atom. The number of hydrogen-bond acceptors (Lipinski definition) is 4. The first-order valence-electron chi connectivity index (χ1n) is 10.8. The molecule has 170 valence electrons. The summed E-state index contributed by atoms with van der Waals surface area (Å²) >= 11 is 0. The molecule has 1 unspecified atom stereocenters. The number of anilines is 1. The molecule has 31 heavy (non-hydrogen) atoms. The van der Waals surface area contributed by atoms with E-state index in [1.54, 1.807) is 23.8 Å². The second-order valence-electron chi connectivity index (χ2n) is 8.52. The van der Waals surface area contributed by atoms with Crippen LogP contribution in [-0.4, -0.2) is 56.0 Å². The lowest BCUT2D eigenvalue weighted by molar-refractivity contribution is -0.126. The molecule has 1 aliphatic heterocycles. The molecule has 7 nitrogen and oxygen atoms in total. The zero-order valence-electron chi connectivity index (χ0n) is 18.0. The van der Waals surface area contributed by atoms with Gasteiger partial charge in [0, 0.05) is 37.9 Å². The molecule has 2 fully saturated rings. The van der Waals surface area contributed by atoms with Gasteiger partial charge in [-0.15, -0.1) is 0 Å². The van der Waals surface area contributed by atoms with Crippen molar-refractivity contribution in [3.63, 3.8) is 0 Å². The lowest BCUT2D eigenvalue weighted by atomic mass is 9.85. The van der Waals surface area contributed by atoms with Gasteiger partial charge in [-0.3, -0.25) is 14.9 Å². The van der Waals surface area contributed by atoms with Gasteiger partial charge in [-0.1, -0.05) is 19.8 Å². The summed E-state index contributed by atoms with van der Waals surface area (Å²) in [6.45, 7) is 3.44. The third-order valence-electron chi connectivity index (χ3n) is 6.19. The van der Waals surface area contributed by atoms with Crippen molar-refractivity contribution in [2.45, 2.75) is 51.0 Å². The van der Waals surface area contributed by atoms with Crippen LogP contribution in [0, 0.1) is 17.6 Å². The summed E-state index contributed by atoms with van der Waals surface area (Å²) in [5.74, 6) is -2.84. The van der Waals surface area contributed by atoms with Crippen LogP contribution in [0.5, 0.6) is 0 Å². The number of amides is 4. The van der Waals surface area contributed by atoms with E-state index in [1.165, 1.54) is 18.6 Å². The average molecular weight is 437 g/mol. The number of halogens is 2. The minimum atomic E-state index is -1.07. The van der Waals surface area contributed by atoms with Crippen LogP contribution in [-0.2, 0) is 9.59 Å². The van der Waals surface area contributed by atoms with E-state index in [9.17, 15) is 23.2 Å². The highest BCUT2D eigenvalue weighted by Crippen LogP contribution is 2.32. The molecular formula is C22H30F2N4O3. The maximum Gasteiger partial charge on any atom is 0.317 e. The van der Waals surface area contributed by atoms with Crippen molar-refractivity contribution in [2.24, 2.45) is 5.92 Å². The number of nitrogens with one attached hydrogen (secondary N) is 2. The maximum absolute atomic E-state index is 14.8. The quantitative estimate of drug-likeness (QED) is 0.584. The van der Waals surface area contributed by atoms with Crippen LogP contribution in [0.3, 0.4) is 0 Å². The predicted molar refractivity (Wildman–Crippen MR) is 113 cm³/mol. The number of carbonyl (C=O) groups is 3. The van der Waals surface area contributed by atoms with Crippen LogP contribution in [0.2, 0.25) is 0 Å². The van der Waals surface area contributed by atoms with Gasteiger partial charge in [0.2, 0.25) is 12.3 Å². The highest BCUT2D eigenvalue weighted by molar-refractivity contribution is 5.91. The van der Waals surface area contributed by atoms with Gasteiger partial charge in [-0.25, -0.2) is 13.6 Å². The Labute approximate surface area is 181 Å². The molecule has 1 saturated heterocycles. The fourth-order valence-corrected chi connectivity index (χ4v) is 4.15. The molecule has 2 N–H and O–H groups in total. The van der Waals surface area contributed by atoms with Crippen molar-refractivity contribution in [1.29, 1.82) is 0 Å². The molecule has 9 heteroatoms. The highest BCUT2D eigenvalue weighted by atomic mass is 19.1. The standard InChI is InChI=1S/C22H30F2N4O3/c1-3-5-17(21(30)25-13-29)20-18(23)8-16(9-19(20)24)28-11-15(12-28)26-22(31)27(2)10-14-6-4-7-14/h8-9,13-15,17H,3-7,10-12H2,1-2H3,(H,26,31)(H,25,29,30). The van der Waals surface area contributed by atoms with E-state index in [2.05, 4.69) is 5.32 Å². The average Bonchev–Trinajstić information content (AvgIpc) is 2.65. The van der Waals surface area contributed by atoms with E-state index >= 15 is 0 Å². The van der Waals surface area contributed by atoms with Gasteiger partial charge in [0.25, 0.3) is 0 Å². The second-order valence-corrected chi connectivity index (χ2v) is 8.52. The summed E-state index contributed by atoms with van der Waals surface area (Å²) in [5.41, 5.74) is 0.0334. The van der Waals surface area contributed by atoms with Crippen LogP contribution < -0.4 is 15.5 Å². The molecule has 2 aliphatic rings. The molecule has 3 rings (SSSR count). The number of carbonyl (C=O) groups excluding carboxylic acids is 3. The molecule has 1 aromatic rings. The van der Waals surface area contributed by atoms with Crippen molar-refractivity contribution in [3.8, 4) is 0 Å². The number of rotatable bonds is 9. The van der Waals surface area contributed by atoms with Gasteiger partial charge in [0.05, 0.1) is 12.0 Å². The Morgan fingerprint density at radius 1 is 1.26 bits per heavy atom. The van der Waals surface area contributed by atoms with E-state index in [1.807, 2.05) is 5.32 Å². The van der Waals surface area contributed by atoms with Crippen LogP contribution >= 0.6 is 0 Å². The van der Waals surface area contributed by atoms with Gasteiger partial charge in [0.1, 0.15) is 11.6 Å². The Kier molecular flexibility index (Phi) is 7.46. The lowest BCUT2D eigenvalue weighted by Gasteiger charge is -2.42. The monoisotopic (exact) mass is 436 g/mol. The molecule has 1 aromatic carbocycles. The summed E-state index contributed by atoms with van der Waals surface area (Å²) in [7, 11) is 1.78. The summed E-state index contributed by atoms with van der Waals surface area (Å²) < 4.78 is 29.5. The van der Waals surface area contributed by atoms with E-state index < -0.39 is 23.5 Å². The number of benzene rings is 1. The highest BCUT2D eigenvalue weighted by Gasteiger charge is 2.32. The molecule has 0 bridgehead atoms. The molecule has 1 saturated carbocycles. The van der Waals surface area contributed by atoms with Crippen molar-refractivity contribution >= 4 is 24.0 Å². The van der Waals surface area contributed by atoms with E-state index in [4.69, 9.17) is 0 Å². The summed E-state index contributed by atoms with van der Waals surface area (Å²) in [5, 5.41) is 4.93. The molecule has 0 spiro atoms. The van der Waals surface area contributed by atoms with Crippen molar-refractivity contribution in [3.05, 3.63) is 29.3 Å². The van der Waals surface area contributed by atoms with Gasteiger partial charge in [-0.2, -0.15) is 0 Å². The fourth-order valence-electron chi connectivity index (χ4n) is 4.15. The normalized spacial score (nSPS) is 17.4. The van der Waals surface area contributed by atoms with Gasteiger partial charge >= 0.3 is 6.03 Å². The Balaban J connectivity index is 1.60. The number of imide groups is 1.